The van der Waals surface area contributed by atoms with E-state index in [1.807, 2.05) is 48.5 Å². The summed E-state index contributed by atoms with van der Waals surface area (Å²) in [5.41, 5.74) is 5.04. The molecule has 1 heterocycles. The first-order valence-corrected chi connectivity index (χ1v) is 12.1. The van der Waals surface area contributed by atoms with E-state index in [2.05, 4.69) is 72.7 Å². The molecule has 34 heavy (non-hydrogen) atoms. The first-order valence-electron chi connectivity index (χ1n) is 10.5. The molecule has 0 spiro atoms. The van der Waals surface area contributed by atoms with E-state index in [-0.39, 0.29) is 5.76 Å². The second kappa shape index (κ2) is 9.83. The Bertz CT molecular complexity index is 1520. The lowest BCUT2D eigenvalue weighted by molar-refractivity contribution is 0.0929. The van der Waals surface area contributed by atoms with Gasteiger partial charge in [0.15, 0.2) is 5.76 Å². The second-order valence-corrected chi connectivity index (χ2v) is 9.42. The predicted molar refractivity (Wildman–Crippen MR) is 141 cm³/mol. The van der Waals surface area contributed by atoms with Crippen LogP contribution in [0.2, 0.25) is 0 Å². The van der Waals surface area contributed by atoms with Gasteiger partial charge in [0.2, 0.25) is 0 Å². The quantitative estimate of drug-likeness (QED) is 0.168. The summed E-state index contributed by atoms with van der Waals surface area (Å²) < 4.78 is 13.2. The van der Waals surface area contributed by atoms with Crippen LogP contribution in [-0.4, -0.2) is 12.1 Å². The fourth-order valence-electron chi connectivity index (χ4n) is 3.55. The van der Waals surface area contributed by atoms with Crippen LogP contribution in [0, 0.1) is 0 Å². The van der Waals surface area contributed by atoms with E-state index in [1.165, 1.54) is 10.8 Å². The van der Waals surface area contributed by atoms with Gasteiger partial charge in [0.25, 0.3) is 0 Å². The maximum absolute atomic E-state index is 12.4. The van der Waals surface area contributed by atoms with E-state index in [9.17, 15) is 4.79 Å². The standard InChI is InChI=1S/C27H18Br2N2O3/c28-22-12-21-13-25(34-26(21)24(29)14-22)27(32)31-30-15-17-6-9-23(10-7-17)33-16-18-5-8-19-3-1-2-4-20(19)11-18/h1-15H,16H2,(H,31,32)/b30-15-. The number of carbonyl (C=O) groups is 1. The van der Waals surface area contributed by atoms with Crippen LogP contribution >= 0.6 is 31.9 Å². The molecule has 0 saturated heterocycles. The third kappa shape index (κ3) is 5.05. The molecular formula is C27H18Br2N2O3. The summed E-state index contributed by atoms with van der Waals surface area (Å²) in [6.07, 6.45) is 1.57. The number of hydrazone groups is 1. The van der Waals surface area contributed by atoms with E-state index in [0.717, 1.165) is 31.2 Å². The minimum Gasteiger partial charge on any atom is -0.489 e. The topological polar surface area (TPSA) is 63.8 Å². The molecule has 0 radical (unpaired) electrons. The molecule has 5 aromatic rings. The highest BCUT2D eigenvalue weighted by molar-refractivity contribution is 9.11. The lowest BCUT2D eigenvalue weighted by Gasteiger charge is -2.07. The van der Waals surface area contributed by atoms with Crippen molar-refractivity contribution in [3.63, 3.8) is 0 Å². The summed E-state index contributed by atoms with van der Waals surface area (Å²) in [5.74, 6) is 0.516. The molecule has 0 fully saturated rings. The molecule has 5 nitrogen and oxygen atoms in total. The van der Waals surface area contributed by atoms with E-state index < -0.39 is 5.91 Å². The number of fused-ring (bicyclic) bond motifs is 2. The van der Waals surface area contributed by atoms with Gasteiger partial charge < -0.3 is 9.15 Å². The zero-order valence-corrected chi connectivity index (χ0v) is 21.0. The Hall–Kier alpha value is -3.42. The molecule has 0 atom stereocenters. The highest BCUT2D eigenvalue weighted by atomic mass is 79.9. The zero-order chi connectivity index (χ0) is 23.5. The predicted octanol–water partition coefficient (Wildman–Crippen LogP) is 7.45. The summed E-state index contributed by atoms with van der Waals surface area (Å²) in [4.78, 5) is 12.4. The normalized spacial score (nSPS) is 11.4. The Balaban J connectivity index is 1.18. The molecule has 0 unspecified atom stereocenters. The fourth-order valence-corrected chi connectivity index (χ4v) is 4.89. The molecule has 0 aliphatic rings. The van der Waals surface area contributed by atoms with E-state index in [1.54, 1.807) is 12.3 Å². The third-order valence-electron chi connectivity index (χ3n) is 5.24. The van der Waals surface area contributed by atoms with Crippen molar-refractivity contribution in [2.75, 3.05) is 0 Å². The van der Waals surface area contributed by atoms with Crippen LogP contribution in [0.5, 0.6) is 5.75 Å². The van der Waals surface area contributed by atoms with Crippen LogP contribution in [-0.2, 0) is 6.61 Å². The minimum atomic E-state index is -0.425. The fraction of sp³-hybridized carbons (Fsp3) is 0.0370. The number of furan rings is 1. The summed E-state index contributed by atoms with van der Waals surface area (Å²) in [7, 11) is 0. The minimum absolute atomic E-state index is 0.184. The molecule has 7 heteroatoms. The van der Waals surface area contributed by atoms with Crippen molar-refractivity contribution in [3.8, 4) is 5.75 Å². The van der Waals surface area contributed by atoms with Gasteiger partial charge in [-0.05, 0) is 86.4 Å². The first-order chi connectivity index (χ1) is 16.5. The lowest BCUT2D eigenvalue weighted by Crippen LogP contribution is -2.16. The van der Waals surface area contributed by atoms with E-state index >= 15 is 0 Å². The van der Waals surface area contributed by atoms with Gasteiger partial charge in [-0.25, -0.2) is 5.43 Å². The maximum Gasteiger partial charge on any atom is 0.307 e. The summed E-state index contributed by atoms with van der Waals surface area (Å²) in [6.45, 7) is 0.485. The number of halogens is 2. The molecule has 0 aliphatic carbocycles. The van der Waals surface area contributed by atoms with Gasteiger partial charge in [-0.2, -0.15) is 5.10 Å². The molecule has 1 aromatic heterocycles. The molecule has 1 N–H and O–H groups in total. The van der Waals surface area contributed by atoms with Crippen LogP contribution in [0.4, 0.5) is 0 Å². The highest BCUT2D eigenvalue weighted by Gasteiger charge is 2.14. The van der Waals surface area contributed by atoms with Crippen LogP contribution in [0.15, 0.2) is 103 Å². The van der Waals surface area contributed by atoms with Crippen molar-refractivity contribution < 1.29 is 13.9 Å². The summed E-state index contributed by atoms with van der Waals surface area (Å²) in [5, 5.41) is 7.25. The third-order valence-corrected chi connectivity index (χ3v) is 6.29. The molecular weight excluding hydrogens is 560 g/mol. The smallest absolute Gasteiger partial charge is 0.307 e. The number of benzene rings is 4. The van der Waals surface area contributed by atoms with Gasteiger partial charge in [0.05, 0.1) is 10.7 Å². The first kappa shape index (κ1) is 22.4. The van der Waals surface area contributed by atoms with Gasteiger partial charge >= 0.3 is 5.91 Å². The molecule has 0 aliphatic heterocycles. The highest BCUT2D eigenvalue weighted by Crippen LogP contribution is 2.31. The molecule has 168 valence electrons. The molecule has 5 rings (SSSR count). The molecule has 4 aromatic carbocycles. The molecule has 0 saturated carbocycles. The van der Waals surface area contributed by atoms with Gasteiger partial charge in [0.1, 0.15) is 17.9 Å². The van der Waals surface area contributed by atoms with Gasteiger partial charge in [-0.3, -0.25) is 4.79 Å². The van der Waals surface area contributed by atoms with Crippen LogP contribution in [0.3, 0.4) is 0 Å². The second-order valence-electron chi connectivity index (χ2n) is 7.65. The Morgan fingerprint density at radius 2 is 1.71 bits per heavy atom. The van der Waals surface area contributed by atoms with Crippen molar-refractivity contribution in [2.45, 2.75) is 6.61 Å². The number of ether oxygens (including phenoxy) is 1. The van der Waals surface area contributed by atoms with Crippen molar-refractivity contribution in [3.05, 3.63) is 111 Å². The summed E-state index contributed by atoms with van der Waals surface area (Å²) in [6, 6.07) is 27.5. The number of nitrogens with one attached hydrogen (secondary N) is 1. The monoisotopic (exact) mass is 576 g/mol. The van der Waals surface area contributed by atoms with Crippen molar-refractivity contribution >= 4 is 65.7 Å². The number of rotatable bonds is 6. The Kier molecular flexibility index (Phi) is 6.47. The Morgan fingerprint density at radius 3 is 2.53 bits per heavy atom. The molecule has 1 amide bonds. The number of amides is 1. The van der Waals surface area contributed by atoms with Gasteiger partial charge in [0, 0.05) is 9.86 Å². The number of hydrogen-bond acceptors (Lipinski definition) is 4. The van der Waals surface area contributed by atoms with E-state index in [4.69, 9.17) is 9.15 Å². The largest absolute Gasteiger partial charge is 0.489 e. The zero-order valence-electron chi connectivity index (χ0n) is 17.8. The van der Waals surface area contributed by atoms with E-state index in [0.29, 0.717) is 12.2 Å². The van der Waals surface area contributed by atoms with Crippen molar-refractivity contribution in [1.29, 1.82) is 0 Å². The van der Waals surface area contributed by atoms with Crippen molar-refractivity contribution in [2.24, 2.45) is 5.10 Å². The SMILES string of the molecule is O=C(N/N=C\c1ccc(OCc2ccc3ccccc3c2)cc1)c1cc2cc(Br)cc(Br)c2o1. The van der Waals surface area contributed by atoms with Crippen LogP contribution in [0.1, 0.15) is 21.7 Å². The van der Waals surface area contributed by atoms with Crippen LogP contribution < -0.4 is 10.2 Å². The number of hydrogen-bond donors (Lipinski definition) is 1. The summed E-state index contributed by atoms with van der Waals surface area (Å²) >= 11 is 6.87. The average Bonchev–Trinajstić information content (AvgIpc) is 3.28. The van der Waals surface area contributed by atoms with Gasteiger partial charge in [-0.15, -0.1) is 0 Å². The Morgan fingerprint density at radius 1 is 0.912 bits per heavy atom. The lowest BCUT2D eigenvalue weighted by atomic mass is 10.1. The number of carbonyl (C=O) groups excluding carboxylic acids is 1. The maximum atomic E-state index is 12.4. The average molecular weight is 578 g/mol. The number of nitrogens with zero attached hydrogens (tertiary/aromatic N) is 1. The van der Waals surface area contributed by atoms with Crippen LogP contribution in [0.25, 0.3) is 21.7 Å². The van der Waals surface area contributed by atoms with Crippen molar-refractivity contribution in [1.82, 2.24) is 5.43 Å². The Labute approximate surface area is 212 Å². The molecule has 0 bridgehead atoms. The van der Waals surface area contributed by atoms with Gasteiger partial charge in [-0.1, -0.05) is 52.3 Å².